The third-order valence-electron chi connectivity index (χ3n) is 2.97. The molecular weight excluding hydrogens is 220 g/mol. The maximum atomic E-state index is 5.05. The molecule has 0 amide bonds. The van der Waals surface area contributed by atoms with Crippen molar-refractivity contribution in [2.24, 2.45) is 5.92 Å². The SMILES string of the molecule is CCC(C)C(C)NCc1csc(COC)n1. The van der Waals surface area contributed by atoms with Gasteiger partial charge in [0.1, 0.15) is 5.01 Å². The number of rotatable bonds is 7. The van der Waals surface area contributed by atoms with Gasteiger partial charge < -0.3 is 10.1 Å². The first-order chi connectivity index (χ1) is 7.67. The predicted molar refractivity (Wildman–Crippen MR) is 68.6 cm³/mol. The van der Waals surface area contributed by atoms with Crippen LogP contribution >= 0.6 is 11.3 Å². The van der Waals surface area contributed by atoms with Crippen molar-refractivity contribution in [3.8, 4) is 0 Å². The first-order valence-corrected chi connectivity index (χ1v) is 6.71. The molecule has 0 bridgehead atoms. The molecular formula is C12H22N2OS. The van der Waals surface area contributed by atoms with Crippen molar-refractivity contribution in [3.05, 3.63) is 16.1 Å². The molecule has 0 radical (unpaired) electrons. The zero-order valence-corrected chi connectivity index (χ0v) is 11.4. The minimum absolute atomic E-state index is 0.539. The molecule has 1 heterocycles. The quantitative estimate of drug-likeness (QED) is 0.798. The van der Waals surface area contributed by atoms with Crippen molar-refractivity contribution >= 4 is 11.3 Å². The van der Waals surface area contributed by atoms with Crippen molar-refractivity contribution in [2.45, 2.75) is 46.4 Å². The fourth-order valence-electron chi connectivity index (χ4n) is 1.44. The van der Waals surface area contributed by atoms with Gasteiger partial charge in [0.15, 0.2) is 0 Å². The molecule has 1 rings (SSSR count). The summed E-state index contributed by atoms with van der Waals surface area (Å²) in [6, 6.07) is 0.539. The summed E-state index contributed by atoms with van der Waals surface area (Å²) in [6.07, 6.45) is 1.21. The van der Waals surface area contributed by atoms with Crippen LogP contribution in [-0.2, 0) is 17.9 Å². The number of aromatic nitrogens is 1. The van der Waals surface area contributed by atoms with Crippen LogP contribution in [0, 0.1) is 5.92 Å². The van der Waals surface area contributed by atoms with Gasteiger partial charge in [-0.3, -0.25) is 0 Å². The van der Waals surface area contributed by atoms with Crippen molar-refractivity contribution in [1.82, 2.24) is 10.3 Å². The number of methoxy groups -OCH3 is 1. The van der Waals surface area contributed by atoms with Crippen LogP contribution in [0.3, 0.4) is 0 Å². The second-order valence-electron chi connectivity index (χ2n) is 4.22. The lowest BCUT2D eigenvalue weighted by Crippen LogP contribution is -2.31. The van der Waals surface area contributed by atoms with E-state index in [0.717, 1.165) is 17.2 Å². The second kappa shape index (κ2) is 6.99. The van der Waals surface area contributed by atoms with Crippen molar-refractivity contribution in [3.63, 3.8) is 0 Å². The van der Waals surface area contributed by atoms with Gasteiger partial charge in [-0.05, 0) is 12.8 Å². The molecule has 0 aliphatic carbocycles. The first kappa shape index (κ1) is 13.6. The van der Waals surface area contributed by atoms with Crippen molar-refractivity contribution < 1.29 is 4.74 Å². The topological polar surface area (TPSA) is 34.1 Å². The zero-order valence-electron chi connectivity index (χ0n) is 10.6. The van der Waals surface area contributed by atoms with Gasteiger partial charge in [-0.2, -0.15) is 0 Å². The van der Waals surface area contributed by atoms with Crippen LogP contribution in [0.5, 0.6) is 0 Å². The van der Waals surface area contributed by atoms with Crippen LogP contribution in [0.4, 0.5) is 0 Å². The minimum Gasteiger partial charge on any atom is -0.378 e. The van der Waals surface area contributed by atoms with E-state index in [4.69, 9.17) is 4.74 Å². The second-order valence-corrected chi connectivity index (χ2v) is 5.16. The third kappa shape index (κ3) is 4.20. The monoisotopic (exact) mass is 242 g/mol. The summed E-state index contributed by atoms with van der Waals surface area (Å²) in [5.41, 5.74) is 1.12. The molecule has 1 aromatic rings. The Morgan fingerprint density at radius 1 is 1.50 bits per heavy atom. The van der Waals surface area contributed by atoms with Crippen LogP contribution in [0.25, 0.3) is 0 Å². The highest BCUT2D eigenvalue weighted by atomic mass is 32.1. The lowest BCUT2D eigenvalue weighted by molar-refractivity contribution is 0.184. The van der Waals surface area contributed by atoms with E-state index in [0.29, 0.717) is 18.6 Å². The number of hydrogen-bond acceptors (Lipinski definition) is 4. The van der Waals surface area contributed by atoms with E-state index < -0.39 is 0 Å². The van der Waals surface area contributed by atoms with Gasteiger partial charge in [0.2, 0.25) is 0 Å². The van der Waals surface area contributed by atoms with Gasteiger partial charge in [-0.15, -0.1) is 11.3 Å². The lowest BCUT2D eigenvalue weighted by atomic mass is 10.0. The Morgan fingerprint density at radius 3 is 2.88 bits per heavy atom. The number of ether oxygens (including phenoxy) is 1. The molecule has 1 N–H and O–H groups in total. The van der Waals surface area contributed by atoms with E-state index in [1.165, 1.54) is 6.42 Å². The highest BCUT2D eigenvalue weighted by Gasteiger charge is 2.10. The van der Waals surface area contributed by atoms with Crippen molar-refractivity contribution in [2.75, 3.05) is 7.11 Å². The summed E-state index contributed by atoms with van der Waals surface area (Å²) in [4.78, 5) is 4.49. The average Bonchev–Trinajstić information content (AvgIpc) is 2.73. The van der Waals surface area contributed by atoms with Crippen LogP contribution in [0.15, 0.2) is 5.38 Å². The van der Waals surface area contributed by atoms with Crippen LogP contribution in [0.2, 0.25) is 0 Å². The molecule has 0 fully saturated rings. The molecule has 0 saturated carbocycles. The minimum atomic E-state index is 0.539. The van der Waals surface area contributed by atoms with Crippen LogP contribution in [0.1, 0.15) is 37.9 Å². The summed E-state index contributed by atoms with van der Waals surface area (Å²) in [6.45, 7) is 8.20. The lowest BCUT2D eigenvalue weighted by Gasteiger charge is -2.19. The van der Waals surface area contributed by atoms with Crippen LogP contribution in [-0.4, -0.2) is 18.1 Å². The molecule has 0 spiro atoms. The molecule has 2 atom stereocenters. The average molecular weight is 242 g/mol. The maximum absolute atomic E-state index is 5.05. The Kier molecular flexibility index (Phi) is 5.95. The summed E-state index contributed by atoms with van der Waals surface area (Å²) in [5.74, 6) is 0.706. The van der Waals surface area contributed by atoms with E-state index in [1.54, 1.807) is 18.4 Å². The molecule has 0 aliphatic rings. The predicted octanol–water partition coefficient (Wildman–Crippen LogP) is 2.81. The first-order valence-electron chi connectivity index (χ1n) is 5.83. The van der Waals surface area contributed by atoms with Gasteiger partial charge in [-0.25, -0.2) is 4.98 Å². The highest BCUT2D eigenvalue weighted by molar-refractivity contribution is 7.09. The highest BCUT2D eigenvalue weighted by Crippen LogP contribution is 2.12. The van der Waals surface area contributed by atoms with E-state index in [2.05, 4.69) is 36.5 Å². The molecule has 2 unspecified atom stereocenters. The zero-order chi connectivity index (χ0) is 12.0. The summed E-state index contributed by atoms with van der Waals surface area (Å²) in [5, 5.41) is 6.66. The molecule has 92 valence electrons. The smallest absolute Gasteiger partial charge is 0.119 e. The summed E-state index contributed by atoms with van der Waals surface area (Å²) < 4.78 is 5.05. The molecule has 1 aromatic heterocycles. The third-order valence-corrected chi connectivity index (χ3v) is 3.84. The molecule has 3 nitrogen and oxygen atoms in total. The van der Waals surface area contributed by atoms with E-state index in [1.807, 2.05) is 0 Å². The van der Waals surface area contributed by atoms with Gasteiger partial charge in [0.25, 0.3) is 0 Å². The molecule has 0 saturated heterocycles. The summed E-state index contributed by atoms with van der Waals surface area (Å²) >= 11 is 1.66. The molecule has 0 aromatic carbocycles. The fraction of sp³-hybridized carbons (Fsp3) is 0.750. The maximum Gasteiger partial charge on any atom is 0.119 e. The number of hydrogen-bond donors (Lipinski definition) is 1. The standard InChI is InChI=1S/C12H22N2OS/c1-5-9(2)10(3)13-6-11-8-16-12(14-11)7-15-4/h8-10,13H,5-7H2,1-4H3. The van der Waals surface area contributed by atoms with Crippen molar-refractivity contribution in [1.29, 1.82) is 0 Å². The van der Waals surface area contributed by atoms with E-state index >= 15 is 0 Å². The Hall–Kier alpha value is -0.450. The number of nitrogens with zero attached hydrogens (tertiary/aromatic N) is 1. The number of thiazole rings is 1. The van der Waals surface area contributed by atoms with Crippen LogP contribution < -0.4 is 5.32 Å². The van der Waals surface area contributed by atoms with E-state index in [9.17, 15) is 0 Å². The van der Waals surface area contributed by atoms with Gasteiger partial charge in [0, 0.05) is 25.1 Å². The van der Waals surface area contributed by atoms with Gasteiger partial charge in [0.05, 0.1) is 12.3 Å². The number of nitrogens with one attached hydrogen (secondary N) is 1. The van der Waals surface area contributed by atoms with Gasteiger partial charge >= 0.3 is 0 Å². The summed E-state index contributed by atoms with van der Waals surface area (Å²) in [7, 11) is 1.70. The largest absolute Gasteiger partial charge is 0.378 e. The van der Waals surface area contributed by atoms with E-state index in [-0.39, 0.29) is 0 Å². The normalized spacial score (nSPS) is 15.0. The Labute approximate surface area is 102 Å². The Morgan fingerprint density at radius 2 is 2.25 bits per heavy atom. The molecule has 16 heavy (non-hydrogen) atoms. The fourth-order valence-corrected chi connectivity index (χ4v) is 2.20. The Bertz CT molecular complexity index is 301. The molecule has 4 heteroatoms. The molecule has 0 aliphatic heterocycles. The Balaban J connectivity index is 2.36. The van der Waals surface area contributed by atoms with Gasteiger partial charge in [-0.1, -0.05) is 20.3 Å².